The van der Waals surface area contributed by atoms with Gasteiger partial charge in [0.2, 0.25) is 10.0 Å². The van der Waals surface area contributed by atoms with E-state index in [-0.39, 0.29) is 29.4 Å². The van der Waals surface area contributed by atoms with Crippen molar-refractivity contribution in [1.82, 2.24) is 4.72 Å². The Kier molecular flexibility index (Phi) is 6.72. The summed E-state index contributed by atoms with van der Waals surface area (Å²) in [4.78, 5) is 3.96. The van der Waals surface area contributed by atoms with Crippen LogP contribution in [-0.4, -0.2) is 50.3 Å². The normalized spacial score (nSPS) is 20.4. The van der Waals surface area contributed by atoms with Gasteiger partial charge < -0.3 is 10.8 Å². The highest BCUT2D eigenvalue weighted by Crippen LogP contribution is 2.50. The zero-order valence-corrected chi connectivity index (χ0v) is 16.2. The van der Waals surface area contributed by atoms with E-state index in [0.717, 1.165) is 17.4 Å². The van der Waals surface area contributed by atoms with Gasteiger partial charge in [0.1, 0.15) is 4.21 Å². The number of nitrogens with one attached hydrogen (secondary N) is 1. The summed E-state index contributed by atoms with van der Waals surface area (Å²) in [5.74, 6) is -2.20. The molecule has 14 heteroatoms. The van der Waals surface area contributed by atoms with Gasteiger partial charge in [-0.05, 0) is 31.1 Å². The van der Waals surface area contributed by atoms with Crippen LogP contribution in [0.4, 0.5) is 31.3 Å². The molecule has 2 rings (SSSR count). The number of nitrogens with two attached hydrogens (primary N) is 1. The lowest BCUT2D eigenvalue weighted by Crippen LogP contribution is -2.61. The molecule has 0 aromatic carbocycles. The minimum atomic E-state index is -5.89. The van der Waals surface area contributed by atoms with Crippen molar-refractivity contribution in [3.8, 4) is 0 Å². The molecular weight excluding hydrogens is 448 g/mol. The number of alkyl halides is 6. The van der Waals surface area contributed by atoms with Crippen LogP contribution < -0.4 is 10.5 Å². The third-order valence-corrected chi connectivity index (χ3v) is 7.09. The van der Waals surface area contributed by atoms with Gasteiger partial charge in [0.05, 0.1) is 11.5 Å². The molecule has 1 atom stereocenters. The number of aliphatic imine (C=N–C) groups is 1. The van der Waals surface area contributed by atoms with E-state index < -0.39 is 40.3 Å². The minimum absolute atomic E-state index is 0.00152. The molecule has 0 saturated heterocycles. The second kappa shape index (κ2) is 8.24. The fourth-order valence-electron chi connectivity index (χ4n) is 2.70. The lowest BCUT2D eigenvalue weighted by atomic mass is 9.79. The Morgan fingerprint density at radius 1 is 1.21 bits per heavy atom. The van der Waals surface area contributed by atoms with Gasteiger partial charge in [-0.3, -0.25) is 4.99 Å². The number of rotatable bonds is 6. The van der Waals surface area contributed by atoms with Gasteiger partial charge in [0.25, 0.3) is 5.60 Å². The molecule has 1 aliphatic carbocycles. The highest BCUT2D eigenvalue weighted by Gasteiger charge is 2.73. The summed E-state index contributed by atoms with van der Waals surface area (Å²) in [7, 11) is -3.79. The third-order valence-electron chi connectivity index (χ3n) is 4.22. The summed E-state index contributed by atoms with van der Waals surface area (Å²) in [6, 6.07) is 2.74. The van der Waals surface area contributed by atoms with Crippen molar-refractivity contribution in [2.24, 2.45) is 10.9 Å². The molecule has 1 aliphatic rings. The highest BCUT2D eigenvalue weighted by atomic mass is 32.2. The molecule has 4 N–H and O–H groups in total. The number of halogens is 6. The number of sulfonamides is 1. The van der Waals surface area contributed by atoms with E-state index in [2.05, 4.69) is 9.71 Å². The maximum Gasteiger partial charge on any atom is 0.426 e. The van der Waals surface area contributed by atoms with E-state index in [1.165, 1.54) is 12.1 Å². The van der Waals surface area contributed by atoms with E-state index in [1.54, 1.807) is 0 Å². The van der Waals surface area contributed by atoms with Crippen LogP contribution >= 0.6 is 11.3 Å². The average molecular weight is 465 g/mol. The van der Waals surface area contributed by atoms with Crippen LogP contribution in [-0.2, 0) is 10.0 Å². The first-order chi connectivity index (χ1) is 13.2. The number of thiophene rings is 1. The SMILES string of the molecule is Nc1ccc(S(=O)(=O)NCCN=C2C=CC(C(O)(C(F)(F)F)C(F)(F)F)CC2)s1. The van der Waals surface area contributed by atoms with Crippen molar-refractivity contribution in [3.05, 3.63) is 24.3 Å². The van der Waals surface area contributed by atoms with Crippen LogP contribution in [0.1, 0.15) is 12.8 Å². The van der Waals surface area contributed by atoms with Crippen LogP contribution in [0.15, 0.2) is 33.5 Å². The molecule has 0 fully saturated rings. The van der Waals surface area contributed by atoms with E-state index in [0.29, 0.717) is 11.1 Å². The van der Waals surface area contributed by atoms with Gasteiger partial charge in [0, 0.05) is 18.2 Å². The van der Waals surface area contributed by atoms with Crippen molar-refractivity contribution in [3.63, 3.8) is 0 Å². The maximum absolute atomic E-state index is 12.9. The van der Waals surface area contributed by atoms with Crippen LogP contribution in [0, 0.1) is 5.92 Å². The zero-order chi connectivity index (χ0) is 22.1. The summed E-state index contributed by atoms with van der Waals surface area (Å²) in [6.07, 6.45) is -11.0. The Morgan fingerprint density at radius 3 is 2.28 bits per heavy atom. The fourth-order valence-corrected chi connectivity index (χ4v) is 4.86. The Bertz CT molecular complexity index is 876. The Morgan fingerprint density at radius 2 is 1.83 bits per heavy atom. The number of nitrogens with zero attached hydrogens (tertiary/aromatic N) is 1. The lowest BCUT2D eigenvalue weighted by Gasteiger charge is -2.38. The molecule has 164 valence electrons. The number of hydrogen-bond acceptors (Lipinski definition) is 6. The topological polar surface area (TPSA) is 105 Å². The highest BCUT2D eigenvalue weighted by molar-refractivity contribution is 7.91. The molecule has 6 nitrogen and oxygen atoms in total. The Hall–Kier alpha value is -1.64. The van der Waals surface area contributed by atoms with Gasteiger partial charge in [-0.2, -0.15) is 26.3 Å². The van der Waals surface area contributed by atoms with Gasteiger partial charge in [-0.1, -0.05) is 6.08 Å². The smallest absolute Gasteiger partial charge is 0.391 e. The monoisotopic (exact) mass is 465 g/mol. The molecular formula is C15H17F6N3O3S2. The predicted octanol–water partition coefficient (Wildman–Crippen LogP) is 2.87. The summed E-state index contributed by atoms with van der Waals surface area (Å²) in [5, 5.41) is 9.69. The number of hydrogen-bond donors (Lipinski definition) is 3. The molecule has 1 aromatic heterocycles. The summed E-state index contributed by atoms with van der Waals surface area (Å²) in [5.41, 5.74) is 0.816. The number of nitrogen functional groups attached to an aromatic ring is 1. The van der Waals surface area contributed by atoms with Gasteiger partial charge in [0.15, 0.2) is 0 Å². The van der Waals surface area contributed by atoms with E-state index in [1.807, 2.05) is 0 Å². The van der Waals surface area contributed by atoms with Gasteiger partial charge in [-0.25, -0.2) is 13.1 Å². The van der Waals surface area contributed by atoms with Crippen molar-refractivity contribution in [1.29, 1.82) is 0 Å². The number of allylic oxidation sites excluding steroid dienone is 1. The molecule has 0 aliphatic heterocycles. The Balaban J connectivity index is 1.99. The van der Waals surface area contributed by atoms with Crippen molar-refractivity contribution in [2.75, 3.05) is 18.8 Å². The molecule has 0 radical (unpaired) electrons. The van der Waals surface area contributed by atoms with E-state index in [4.69, 9.17) is 5.73 Å². The van der Waals surface area contributed by atoms with Crippen LogP contribution in [0.2, 0.25) is 0 Å². The molecule has 29 heavy (non-hydrogen) atoms. The molecule has 0 bridgehead atoms. The molecule has 1 unspecified atom stereocenters. The molecule has 1 aromatic rings. The predicted molar refractivity (Wildman–Crippen MR) is 95.1 cm³/mol. The standard InChI is InChI=1S/C15H17F6N3O3S2/c16-14(17,18)13(25,15(19,20)21)9-1-3-10(4-2-9)23-7-8-24-29(26,27)12-6-5-11(22)28-12/h1,3,5-6,9,24-25H,2,4,7-8,22H2. The van der Waals surface area contributed by atoms with Gasteiger partial charge in [-0.15, -0.1) is 11.3 Å². The van der Waals surface area contributed by atoms with Crippen molar-refractivity contribution >= 4 is 32.1 Å². The molecule has 1 heterocycles. The fraction of sp³-hybridized carbons (Fsp3) is 0.533. The lowest BCUT2D eigenvalue weighted by molar-refractivity contribution is -0.380. The second-order valence-corrected chi connectivity index (χ2v) is 9.30. The van der Waals surface area contributed by atoms with E-state index >= 15 is 0 Å². The molecule has 0 spiro atoms. The second-order valence-electron chi connectivity index (χ2n) is 6.19. The van der Waals surface area contributed by atoms with Crippen molar-refractivity contribution in [2.45, 2.75) is 35.0 Å². The summed E-state index contributed by atoms with van der Waals surface area (Å²) < 4.78 is 103. The number of aliphatic hydroxyl groups is 1. The van der Waals surface area contributed by atoms with Crippen molar-refractivity contribution < 1.29 is 39.9 Å². The largest absolute Gasteiger partial charge is 0.426 e. The van der Waals surface area contributed by atoms with Crippen LogP contribution in [0.5, 0.6) is 0 Å². The number of anilines is 1. The molecule has 0 amide bonds. The summed E-state index contributed by atoms with van der Waals surface area (Å²) in [6.45, 7) is -0.205. The first kappa shape index (κ1) is 23.6. The minimum Gasteiger partial charge on any atom is -0.391 e. The van der Waals surface area contributed by atoms with Crippen LogP contribution in [0.25, 0.3) is 0 Å². The van der Waals surface area contributed by atoms with Gasteiger partial charge >= 0.3 is 12.4 Å². The average Bonchev–Trinajstić information content (AvgIpc) is 3.04. The first-order valence-corrected chi connectivity index (χ1v) is 10.4. The first-order valence-electron chi connectivity index (χ1n) is 8.11. The zero-order valence-electron chi connectivity index (χ0n) is 14.6. The quantitative estimate of drug-likeness (QED) is 0.444. The maximum atomic E-state index is 12.9. The summed E-state index contributed by atoms with van der Waals surface area (Å²) >= 11 is 0.860. The van der Waals surface area contributed by atoms with E-state index in [9.17, 15) is 39.9 Å². The van der Waals surface area contributed by atoms with Crippen LogP contribution in [0.3, 0.4) is 0 Å². The molecule has 0 saturated carbocycles. The Labute approximate surface area is 166 Å². The third kappa shape index (κ3) is 5.10.